The number of hydrazine groups is 2. The summed E-state index contributed by atoms with van der Waals surface area (Å²) in [5.41, 5.74) is 6.00. The number of nitrogens with one attached hydrogen (secondary N) is 2. The zero-order valence-electron chi connectivity index (χ0n) is 6.10. The Morgan fingerprint density at radius 2 is 2.00 bits per heavy atom. The van der Waals surface area contributed by atoms with E-state index < -0.39 is 0 Å². The molecule has 0 aliphatic carbocycles. The van der Waals surface area contributed by atoms with Crippen molar-refractivity contribution in [1.29, 1.82) is 0 Å². The van der Waals surface area contributed by atoms with E-state index in [1.807, 2.05) is 17.4 Å². The largest absolute Gasteiger partial charge is 0.310 e. The van der Waals surface area contributed by atoms with E-state index in [4.69, 9.17) is 0 Å². The maximum Gasteiger partial charge on any atom is 0.0490 e. The summed E-state index contributed by atoms with van der Waals surface area (Å²) in [6.07, 6.45) is 3.84. The minimum atomic E-state index is 0.153. The maximum absolute atomic E-state index is 2.97. The molecule has 3 heteroatoms. The van der Waals surface area contributed by atoms with Crippen molar-refractivity contribution in [2.75, 3.05) is 0 Å². The van der Waals surface area contributed by atoms with Gasteiger partial charge in [-0.15, -0.1) is 5.53 Å². The highest BCUT2D eigenvalue weighted by Gasteiger charge is 2.18. The van der Waals surface area contributed by atoms with E-state index in [1.165, 1.54) is 0 Å². The van der Waals surface area contributed by atoms with Crippen LogP contribution in [0.25, 0.3) is 0 Å². The van der Waals surface area contributed by atoms with Crippen molar-refractivity contribution in [2.24, 2.45) is 0 Å². The zero-order chi connectivity index (χ0) is 6.91. The molecule has 0 saturated carbocycles. The fourth-order valence-corrected chi connectivity index (χ4v) is 0.647. The van der Waals surface area contributed by atoms with Crippen LogP contribution in [0.3, 0.4) is 0 Å². The summed E-state index contributed by atoms with van der Waals surface area (Å²) in [6.45, 7) is 6.41. The normalized spacial score (nSPS) is 18.3. The monoisotopic (exact) mass is 127 g/mol. The standard InChI is InChI=1S/C6H13N3/c1-6(2,3)9-5-4-7-8-9/h4-5,7-8H,1-3H3. The molecule has 0 saturated heterocycles. The summed E-state index contributed by atoms with van der Waals surface area (Å²) in [4.78, 5) is 0. The van der Waals surface area contributed by atoms with Gasteiger partial charge in [-0.1, -0.05) is 0 Å². The molecule has 0 bridgehead atoms. The molecule has 0 atom stereocenters. The van der Waals surface area contributed by atoms with Crippen molar-refractivity contribution >= 4 is 0 Å². The maximum atomic E-state index is 2.97. The third-order valence-electron chi connectivity index (χ3n) is 1.21. The molecule has 1 heterocycles. The van der Waals surface area contributed by atoms with Gasteiger partial charge >= 0.3 is 0 Å². The smallest absolute Gasteiger partial charge is 0.0490 e. The van der Waals surface area contributed by atoms with Gasteiger partial charge in [-0.05, 0) is 20.8 Å². The summed E-state index contributed by atoms with van der Waals surface area (Å²) < 4.78 is 0. The summed E-state index contributed by atoms with van der Waals surface area (Å²) in [6, 6.07) is 0. The second-order valence-corrected chi connectivity index (χ2v) is 3.11. The van der Waals surface area contributed by atoms with Crippen LogP contribution in [0.2, 0.25) is 0 Å². The molecule has 9 heavy (non-hydrogen) atoms. The quantitative estimate of drug-likeness (QED) is 0.498. The molecule has 0 unspecified atom stereocenters. The van der Waals surface area contributed by atoms with Crippen LogP contribution in [-0.2, 0) is 0 Å². The second kappa shape index (κ2) is 1.92. The van der Waals surface area contributed by atoms with E-state index in [-0.39, 0.29) is 5.54 Å². The van der Waals surface area contributed by atoms with Gasteiger partial charge in [-0.25, -0.2) is 0 Å². The third-order valence-corrected chi connectivity index (χ3v) is 1.21. The summed E-state index contributed by atoms with van der Waals surface area (Å²) in [5, 5.41) is 2.01. The van der Waals surface area contributed by atoms with Gasteiger partial charge in [-0.2, -0.15) is 0 Å². The van der Waals surface area contributed by atoms with Gasteiger partial charge in [0.05, 0.1) is 0 Å². The molecule has 2 N–H and O–H groups in total. The SMILES string of the molecule is CC(C)(C)N1C=CNN1. The van der Waals surface area contributed by atoms with E-state index in [9.17, 15) is 0 Å². The van der Waals surface area contributed by atoms with Crippen LogP contribution in [0.15, 0.2) is 12.4 Å². The highest BCUT2D eigenvalue weighted by atomic mass is 15.7. The Labute approximate surface area is 55.7 Å². The average molecular weight is 127 g/mol. The molecule has 1 aliphatic heterocycles. The topological polar surface area (TPSA) is 27.3 Å². The van der Waals surface area contributed by atoms with Crippen LogP contribution < -0.4 is 11.0 Å². The fourth-order valence-electron chi connectivity index (χ4n) is 0.647. The van der Waals surface area contributed by atoms with Crippen LogP contribution in [0, 0.1) is 0 Å². The molecule has 0 aromatic heterocycles. The van der Waals surface area contributed by atoms with Gasteiger partial charge in [0, 0.05) is 17.9 Å². The van der Waals surface area contributed by atoms with Crippen molar-refractivity contribution in [2.45, 2.75) is 26.3 Å². The third kappa shape index (κ3) is 1.36. The fraction of sp³-hybridized carbons (Fsp3) is 0.667. The van der Waals surface area contributed by atoms with Crippen molar-refractivity contribution in [3.05, 3.63) is 12.4 Å². The summed E-state index contributed by atoms with van der Waals surface area (Å²) >= 11 is 0. The Morgan fingerprint density at radius 1 is 1.33 bits per heavy atom. The highest BCUT2D eigenvalue weighted by molar-refractivity contribution is 4.89. The van der Waals surface area contributed by atoms with E-state index in [2.05, 4.69) is 31.7 Å². The molecular weight excluding hydrogens is 114 g/mol. The number of hydrogen-bond donors (Lipinski definition) is 2. The molecule has 3 nitrogen and oxygen atoms in total. The molecule has 52 valence electrons. The lowest BCUT2D eigenvalue weighted by Gasteiger charge is -2.30. The lowest BCUT2D eigenvalue weighted by Crippen LogP contribution is -2.47. The molecule has 0 radical (unpaired) electrons. The molecule has 0 amide bonds. The van der Waals surface area contributed by atoms with E-state index in [0.717, 1.165) is 0 Å². The first-order valence-corrected chi connectivity index (χ1v) is 3.08. The van der Waals surface area contributed by atoms with Crippen molar-refractivity contribution < 1.29 is 0 Å². The van der Waals surface area contributed by atoms with Crippen molar-refractivity contribution in [3.63, 3.8) is 0 Å². The van der Waals surface area contributed by atoms with Crippen LogP contribution in [0.1, 0.15) is 20.8 Å². The molecule has 0 spiro atoms. The lowest BCUT2D eigenvalue weighted by atomic mass is 10.1. The van der Waals surface area contributed by atoms with Gasteiger partial charge in [-0.3, -0.25) is 5.01 Å². The van der Waals surface area contributed by atoms with Gasteiger partial charge in [0.1, 0.15) is 0 Å². The Hall–Kier alpha value is -0.700. The second-order valence-electron chi connectivity index (χ2n) is 3.11. The molecule has 0 aromatic carbocycles. The zero-order valence-corrected chi connectivity index (χ0v) is 6.10. The predicted molar refractivity (Wildman–Crippen MR) is 37.0 cm³/mol. The molecule has 0 aromatic rings. The van der Waals surface area contributed by atoms with Crippen molar-refractivity contribution in [1.82, 2.24) is 16.0 Å². The Kier molecular flexibility index (Phi) is 1.37. The van der Waals surface area contributed by atoms with Crippen LogP contribution in [0.4, 0.5) is 0 Å². The first kappa shape index (κ1) is 6.42. The van der Waals surface area contributed by atoms with Gasteiger partial charge < -0.3 is 5.43 Å². The van der Waals surface area contributed by atoms with Gasteiger partial charge in [0.2, 0.25) is 0 Å². The van der Waals surface area contributed by atoms with Crippen LogP contribution >= 0.6 is 0 Å². The van der Waals surface area contributed by atoms with Crippen LogP contribution in [-0.4, -0.2) is 10.5 Å². The van der Waals surface area contributed by atoms with Crippen molar-refractivity contribution in [3.8, 4) is 0 Å². The summed E-state index contributed by atoms with van der Waals surface area (Å²) in [5.74, 6) is 0. The van der Waals surface area contributed by atoms with Crippen LogP contribution in [0.5, 0.6) is 0 Å². The first-order valence-electron chi connectivity index (χ1n) is 3.08. The Bertz CT molecular complexity index is 123. The predicted octanol–water partition coefficient (Wildman–Crippen LogP) is 0.581. The minimum absolute atomic E-state index is 0.153. The number of rotatable bonds is 0. The molecular formula is C6H13N3. The van der Waals surface area contributed by atoms with E-state index in [1.54, 1.807) is 0 Å². The number of nitrogens with zero attached hydrogens (tertiary/aromatic N) is 1. The Balaban J connectivity index is 2.53. The van der Waals surface area contributed by atoms with Gasteiger partial charge in [0.25, 0.3) is 0 Å². The Morgan fingerprint density at radius 3 is 2.22 bits per heavy atom. The molecule has 0 fully saturated rings. The minimum Gasteiger partial charge on any atom is -0.310 e. The van der Waals surface area contributed by atoms with E-state index in [0.29, 0.717) is 0 Å². The summed E-state index contributed by atoms with van der Waals surface area (Å²) in [7, 11) is 0. The highest BCUT2D eigenvalue weighted by Crippen LogP contribution is 2.10. The molecule has 1 rings (SSSR count). The van der Waals surface area contributed by atoms with Gasteiger partial charge in [0.15, 0.2) is 0 Å². The number of hydrogen-bond acceptors (Lipinski definition) is 3. The lowest BCUT2D eigenvalue weighted by molar-refractivity contribution is 0.138. The first-order chi connectivity index (χ1) is 4.11. The average Bonchev–Trinajstić information content (AvgIpc) is 2.08. The molecule has 1 aliphatic rings. The van der Waals surface area contributed by atoms with E-state index >= 15 is 0 Å².